The molecular weight excluding hydrogens is 474 g/mol. The summed E-state index contributed by atoms with van der Waals surface area (Å²) in [7, 11) is 1.36. The molecule has 6 rings (SSSR count). The third-order valence-electron chi connectivity index (χ3n) is 8.51. The number of halogens is 3. The van der Waals surface area contributed by atoms with E-state index in [0.29, 0.717) is 29.9 Å². The zero-order valence-corrected chi connectivity index (χ0v) is 21.5. The van der Waals surface area contributed by atoms with E-state index in [1.54, 1.807) is 11.1 Å². The van der Waals surface area contributed by atoms with Crippen LogP contribution >= 0.6 is 11.6 Å². The highest BCUT2D eigenvalue weighted by molar-refractivity contribution is 6.31. The molecule has 1 aromatic carbocycles. The molecule has 2 amide bonds. The number of carbonyl (C=O) groups is 2. The van der Waals surface area contributed by atoms with Crippen LogP contribution in [0.2, 0.25) is 5.02 Å². The first-order chi connectivity index (χ1) is 16.2. The number of rotatable bonds is 5. The van der Waals surface area contributed by atoms with Gasteiger partial charge in [0, 0.05) is 24.1 Å². The molecule has 1 aliphatic heterocycles. The summed E-state index contributed by atoms with van der Waals surface area (Å²) in [5, 5.41) is 3.70. The van der Waals surface area contributed by atoms with Gasteiger partial charge in [-0.3, -0.25) is 9.69 Å². The van der Waals surface area contributed by atoms with Crippen LogP contribution in [-0.2, 0) is 21.5 Å². The van der Waals surface area contributed by atoms with Crippen LogP contribution in [0.15, 0.2) is 30.0 Å². The van der Waals surface area contributed by atoms with Crippen LogP contribution in [0.3, 0.4) is 0 Å². The van der Waals surface area contributed by atoms with Crippen molar-refractivity contribution in [2.24, 2.45) is 10.8 Å². The molecule has 8 heteroatoms. The maximum absolute atomic E-state index is 14.6. The second kappa shape index (κ2) is 7.67. The lowest BCUT2D eigenvalue weighted by Crippen LogP contribution is -2.79. The second-order valence-corrected chi connectivity index (χ2v) is 12.7. The van der Waals surface area contributed by atoms with Crippen molar-refractivity contribution in [2.75, 3.05) is 7.11 Å². The molecule has 0 radical (unpaired) electrons. The summed E-state index contributed by atoms with van der Waals surface area (Å²) in [5.41, 5.74) is 0.363. The van der Waals surface area contributed by atoms with Gasteiger partial charge in [-0.05, 0) is 66.7 Å². The lowest BCUT2D eigenvalue weighted by molar-refractivity contribution is -0.218. The molecule has 1 N–H and O–H groups in total. The highest BCUT2D eigenvalue weighted by Gasteiger charge is 2.76. The highest BCUT2D eigenvalue weighted by atomic mass is 35.5. The summed E-state index contributed by atoms with van der Waals surface area (Å²) in [4.78, 5) is 27.1. The summed E-state index contributed by atoms with van der Waals surface area (Å²) in [6.45, 7) is 6.53. The van der Waals surface area contributed by atoms with E-state index in [1.165, 1.54) is 7.11 Å². The Morgan fingerprint density at radius 3 is 2.49 bits per heavy atom. The number of benzene rings is 1. The number of hydrogen-bond acceptors (Lipinski definition) is 3. The Labute approximate surface area is 210 Å². The maximum atomic E-state index is 14.6. The lowest BCUT2D eigenvalue weighted by Gasteiger charge is -2.71. The number of nitrogens with zero attached hydrogens (tertiary/aromatic N) is 1. The average molecular weight is 507 g/mol. The zero-order chi connectivity index (χ0) is 25.4. The fourth-order valence-electron chi connectivity index (χ4n) is 6.51. The average Bonchev–Trinajstić information content (AvgIpc) is 2.70. The Morgan fingerprint density at radius 2 is 1.89 bits per heavy atom. The maximum Gasteiger partial charge on any atom is 0.322 e. The zero-order valence-electron chi connectivity index (χ0n) is 20.8. The highest BCUT2D eigenvalue weighted by Crippen LogP contribution is 2.71. The first-order valence-electron chi connectivity index (χ1n) is 12.3. The molecule has 1 unspecified atom stereocenters. The molecule has 1 heterocycles. The van der Waals surface area contributed by atoms with Gasteiger partial charge in [-0.2, -0.15) is 0 Å². The Morgan fingerprint density at radius 1 is 1.20 bits per heavy atom. The number of methoxy groups -OCH3 is 1. The van der Waals surface area contributed by atoms with Crippen molar-refractivity contribution in [3.8, 4) is 0 Å². The number of ether oxygens (including phenoxy) is 1. The largest absolute Gasteiger partial charge is 0.469 e. The molecule has 35 heavy (non-hydrogen) atoms. The number of carbonyl (C=O) groups excluding carboxylic acids is 2. The van der Waals surface area contributed by atoms with Crippen molar-refractivity contribution in [3.63, 3.8) is 0 Å². The lowest BCUT2D eigenvalue weighted by atomic mass is 9.38. The van der Waals surface area contributed by atoms with Crippen LogP contribution in [0.5, 0.6) is 0 Å². The van der Waals surface area contributed by atoms with E-state index in [9.17, 15) is 18.4 Å². The van der Waals surface area contributed by atoms with Gasteiger partial charge >= 0.3 is 12.0 Å². The smallest absolute Gasteiger partial charge is 0.322 e. The number of esters is 1. The molecule has 0 spiro atoms. The summed E-state index contributed by atoms with van der Waals surface area (Å²) in [6, 6.07) is 5.40. The molecule has 4 aliphatic carbocycles. The Bertz CT molecular complexity index is 1110. The van der Waals surface area contributed by atoms with Crippen LogP contribution in [0.1, 0.15) is 76.8 Å². The molecule has 4 fully saturated rings. The van der Waals surface area contributed by atoms with Gasteiger partial charge < -0.3 is 10.1 Å². The quantitative estimate of drug-likeness (QED) is 0.474. The number of urea groups is 1. The number of nitrogens with one attached hydrogen (secondary N) is 1. The third kappa shape index (κ3) is 3.85. The molecule has 0 saturated heterocycles. The minimum atomic E-state index is -2.84. The monoisotopic (exact) mass is 506 g/mol. The molecule has 1 atom stereocenters. The normalized spacial score (nSPS) is 33.1. The molecular formula is C27H33ClF2N2O3. The van der Waals surface area contributed by atoms with Crippen molar-refractivity contribution < 1.29 is 23.1 Å². The summed E-state index contributed by atoms with van der Waals surface area (Å²) in [5.74, 6) is -3.10. The van der Waals surface area contributed by atoms with Crippen molar-refractivity contribution in [1.29, 1.82) is 0 Å². The van der Waals surface area contributed by atoms with Crippen molar-refractivity contribution in [3.05, 3.63) is 46.1 Å². The number of hydrogen-bond donors (Lipinski definition) is 1. The van der Waals surface area contributed by atoms with Crippen molar-refractivity contribution in [1.82, 2.24) is 10.2 Å². The van der Waals surface area contributed by atoms with Crippen LogP contribution in [0.25, 0.3) is 0 Å². The molecule has 5 aliphatic rings. The molecule has 1 aromatic rings. The van der Waals surface area contributed by atoms with E-state index >= 15 is 0 Å². The van der Waals surface area contributed by atoms with E-state index in [-0.39, 0.29) is 30.3 Å². The molecule has 0 aromatic heterocycles. The van der Waals surface area contributed by atoms with Gasteiger partial charge in [0.1, 0.15) is 0 Å². The van der Waals surface area contributed by atoms with E-state index in [2.05, 4.69) is 26.1 Å². The van der Waals surface area contributed by atoms with E-state index in [4.69, 9.17) is 16.3 Å². The number of amides is 2. The van der Waals surface area contributed by atoms with Crippen LogP contribution in [-0.4, -0.2) is 35.5 Å². The fourth-order valence-corrected chi connectivity index (χ4v) is 6.78. The minimum absolute atomic E-state index is 0.0994. The second-order valence-electron chi connectivity index (χ2n) is 12.3. The van der Waals surface area contributed by atoms with E-state index in [1.807, 2.05) is 18.2 Å². The van der Waals surface area contributed by atoms with Gasteiger partial charge in [-0.15, -0.1) is 0 Å². The van der Waals surface area contributed by atoms with Gasteiger partial charge in [-0.1, -0.05) is 44.5 Å². The van der Waals surface area contributed by atoms with Gasteiger partial charge in [-0.25, -0.2) is 13.6 Å². The summed E-state index contributed by atoms with van der Waals surface area (Å²) >= 11 is 6.66. The van der Waals surface area contributed by atoms with Crippen LogP contribution < -0.4 is 5.32 Å². The topological polar surface area (TPSA) is 58.6 Å². The molecule has 190 valence electrons. The number of fused-ring (bicyclic) bond motifs is 1. The first-order valence-corrected chi connectivity index (χ1v) is 12.7. The first kappa shape index (κ1) is 24.5. The van der Waals surface area contributed by atoms with E-state index in [0.717, 1.165) is 24.0 Å². The van der Waals surface area contributed by atoms with Gasteiger partial charge in [0.25, 0.3) is 5.92 Å². The molecule has 2 bridgehead atoms. The molecule has 4 saturated carbocycles. The predicted octanol–water partition coefficient (Wildman–Crippen LogP) is 6.34. The van der Waals surface area contributed by atoms with E-state index < -0.39 is 28.8 Å². The Hall–Kier alpha value is -2.15. The Kier molecular flexibility index (Phi) is 5.38. The van der Waals surface area contributed by atoms with Gasteiger partial charge in [0.15, 0.2) is 0 Å². The van der Waals surface area contributed by atoms with Crippen LogP contribution in [0.4, 0.5) is 13.6 Å². The number of alkyl halides is 2. The predicted molar refractivity (Wildman–Crippen MR) is 129 cm³/mol. The minimum Gasteiger partial charge on any atom is -0.469 e. The van der Waals surface area contributed by atoms with Gasteiger partial charge in [0.2, 0.25) is 0 Å². The van der Waals surface area contributed by atoms with Crippen LogP contribution in [0, 0.1) is 10.8 Å². The summed E-state index contributed by atoms with van der Waals surface area (Å²) < 4.78 is 34.1. The van der Waals surface area contributed by atoms with Crippen molar-refractivity contribution >= 4 is 23.6 Å². The third-order valence-corrected chi connectivity index (χ3v) is 8.86. The fraction of sp³-hybridized carbons (Fsp3) is 0.630. The SMILES string of the molecule is COC(=O)C12CC(N3C=C4CC(F)(F)CCC4(c4ccc(CCC(C)(C)C)c(Cl)c4)NC3=O)(C1)C2. The summed E-state index contributed by atoms with van der Waals surface area (Å²) in [6.07, 6.45) is 4.28. The van der Waals surface area contributed by atoms with Crippen molar-refractivity contribution in [2.45, 2.75) is 89.1 Å². The Balaban J connectivity index is 1.46. The van der Waals surface area contributed by atoms with Gasteiger partial charge in [0.05, 0.1) is 23.6 Å². The molecule has 5 nitrogen and oxygen atoms in total. The number of aryl methyl sites for hydroxylation is 1. The standard InChI is InChI=1S/C27H33ClF2N2O3/c1-23(2,3)8-7-17-5-6-18(11-20(17)28)27-10-9-26(29,30)12-19(27)13-32(22(34)31-27)25-14-24(15-25,16-25)21(33)35-4/h5-6,11,13H,7-10,12,14-16H2,1-4H3,(H,31,34).